The Bertz CT molecular complexity index is 1010. The first-order valence-corrected chi connectivity index (χ1v) is 8.89. The van der Waals surface area contributed by atoms with Crippen molar-refractivity contribution in [2.75, 3.05) is 5.32 Å². The highest BCUT2D eigenvalue weighted by Crippen LogP contribution is 2.12. The standard InChI is InChI=1S/C23H21N3O2/c1-16-6-8-18(9-7-16)15-24-26-23(28)19-10-12-21(13-11-19)25-22(27)20-5-3-4-17(2)14-20/h3-15H,1-2H3,(H,25,27)(H,26,28)/b24-15-. The topological polar surface area (TPSA) is 70.6 Å². The predicted molar refractivity (Wildman–Crippen MR) is 112 cm³/mol. The average molecular weight is 371 g/mol. The Hall–Kier alpha value is -3.73. The first-order chi connectivity index (χ1) is 13.5. The molecule has 0 unspecified atom stereocenters. The van der Waals surface area contributed by atoms with Gasteiger partial charge in [-0.1, -0.05) is 47.5 Å². The molecule has 0 aromatic heterocycles. The number of hydrogen-bond acceptors (Lipinski definition) is 3. The number of nitrogens with zero attached hydrogens (tertiary/aromatic N) is 1. The fourth-order valence-corrected chi connectivity index (χ4v) is 2.58. The smallest absolute Gasteiger partial charge is 0.271 e. The number of nitrogens with one attached hydrogen (secondary N) is 2. The average Bonchev–Trinajstić information content (AvgIpc) is 2.70. The van der Waals surface area contributed by atoms with Crippen LogP contribution in [0.25, 0.3) is 0 Å². The lowest BCUT2D eigenvalue weighted by atomic mass is 10.1. The van der Waals surface area contributed by atoms with E-state index in [1.807, 2.05) is 56.3 Å². The van der Waals surface area contributed by atoms with E-state index in [-0.39, 0.29) is 11.8 Å². The van der Waals surface area contributed by atoms with Crippen LogP contribution in [0.3, 0.4) is 0 Å². The molecule has 28 heavy (non-hydrogen) atoms. The molecule has 2 amide bonds. The van der Waals surface area contributed by atoms with E-state index < -0.39 is 0 Å². The van der Waals surface area contributed by atoms with Crippen molar-refractivity contribution in [1.82, 2.24) is 5.43 Å². The van der Waals surface area contributed by atoms with Crippen LogP contribution in [0.15, 0.2) is 77.9 Å². The molecular formula is C23H21N3O2. The van der Waals surface area contributed by atoms with Gasteiger partial charge in [0.05, 0.1) is 6.21 Å². The Balaban J connectivity index is 1.58. The highest BCUT2D eigenvalue weighted by atomic mass is 16.2. The number of benzene rings is 3. The molecule has 5 nitrogen and oxygen atoms in total. The zero-order chi connectivity index (χ0) is 19.9. The molecule has 2 N–H and O–H groups in total. The summed E-state index contributed by atoms with van der Waals surface area (Å²) in [6.45, 7) is 3.95. The first kappa shape index (κ1) is 19.0. The quantitative estimate of drug-likeness (QED) is 0.518. The summed E-state index contributed by atoms with van der Waals surface area (Å²) in [5.74, 6) is -0.511. The SMILES string of the molecule is Cc1ccc(/C=N\NC(=O)c2ccc(NC(=O)c3cccc(C)c3)cc2)cc1. The summed E-state index contributed by atoms with van der Waals surface area (Å²) < 4.78 is 0. The third kappa shape index (κ3) is 5.14. The van der Waals surface area contributed by atoms with Crippen LogP contribution in [0.4, 0.5) is 5.69 Å². The van der Waals surface area contributed by atoms with E-state index in [2.05, 4.69) is 15.8 Å². The van der Waals surface area contributed by atoms with Crippen molar-refractivity contribution in [2.24, 2.45) is 5.10 Å². The van der Waals surface area contributed by atoms with Crippen LogP contribution in [-0.4, -0.2) is 18.0 Å². The maximum atomic E-state index is 12.3. The molecule has 0 heterocycles. The van der Waals surface area contributed by atoms with Gasteiger partial charge in [-0.25, -0.2) is 5.43 Å². The predicted octanol–water partition coefficient (Wildman–Crippen LogP) is 4.32. The minimum atomic E-state index is -0.320. The molecule has 140 valence electrons. The van der Waals surface area contributed by atoms with Crippen LogP contribution in [-0.2, 0) is 0 Å². The molecule has 0 aliphatic rings. The molecule has 0 fully saturated rings. The van der Waals surface area contributed by atoms with Crippen molar-refractivity contribution in [3.8, 4) is 0 Å². The summed E-state index contributed by atoms with van der Waals surface area (Å²) in [6, 6.07) is 21.8. The van der Waals surface area contributed by atoms with E-state index in [0.717, 1.165) is 16.7 Å². The van der Waals surface area contributed by atoms with Crippen LogP contribution in [0.2, 0.25) is 0 Å². The fourth-order valence-electron chi connectivity index (χ4n) is 2.58. The van der Waals surface area contributed by atoms with E-state index in [4.69, 9.17) is 0 Å². The fraction of sp³-hybridized carbons (Fsp3) is 0.0870. The lowest BCUT2D eigenvalue weighted by Gasteiger charge is -2.07. The normalized spacial score (nSPS) is 10.6. The van der Waals surface area contributed by atoms with Crippen LogP contribution >= 0.6 is 0 Å². The molecule has 0 saturated carbocycles. The molecule has 3 aromatic carbocycles. The minimum Gasteiger partial charge on any atom is -0.322 e. The maximum Gasteiger partial charge on any atom is 0.271 e. The van der Waals surface area contributed by atoms with Crippen molar-refractivity contribution in [3.05, 3.63) is 101 Å². The second-order valence-corrected chi connectivity index (χ2v) is 6.51. The van der Waals surface area contributed by atoms with Gasteiger partial charge in [0.1, 0.15) is 0 Å². The molecule has 5 heteroatoms. The Kier molecular flexibility index (Phi) is 5.97. The number of carbonyl (C=O) groups excluding carboxylic acids is 2. The van der Waals surface area contributed by atoms with Crippen molar-refractivity contribution in [3.63, 3.8) is 0 Å². The number of hydrazone groups is 1. The Morgan fingerprint density at radius 3 is 2.18 bits per heavy atom. The van der Waals surface area contributed by atoms with Gasteiger partial charge in [0.2, 0.25) is 0 Å². The number of aryl methyl sites for hydroxylation is 2. The molecule has 3 rings (SSSR count). The van der Waals surface area contributed by atoms with Gasteiger partial charge in [-0.05, 0) is 55.8 Å². The summed E-state index contributed by atoms with van der Waals surface area (Å²) in [7, 11) is 0. The summed E-state index contributed by atoms with van der Waals surface area (Å²) in [6.07, 6.45) is 1.59. The third-order valence-corrected chi connectivity index (χ3v) is 4.14. The van der Waals surface area contributed by atoms with E-state index in [1.54, 1.807) is 36.5 Å². The van der Waals surface area contributed by atoms with Gasteiger partial charge in [-0.3, -0.25) is 9.59 Å². The Morgan fingerprint density at radius 2 is 1.50 bits per heavy atom. The highest BCUT2D eigenvalue weighted by Gasteiger charge is 2.08. The molecule has 0 aliphatic carbocycles. The Labute approximate surface area is 164 Å². The highest BCUT2D eigenvalue weighted by molar-refractivity contribution is 6.04. The van der Waals surface area contributed by atoms with Crippen LogP contribution in [0.5, 0.6) is 0 Å². The number of carbonyl (C=O) groups is 2. The van der Waals surface area contributed by atoms with Gasteiger partial charge in [-0.15, -0.1) is 0 Å². The third-order valence-electron chi connectivity index (χ3n) is 4.14. The van der Waals surface area contributed by atoms with Crippen LogP contribution in [0.1, 0.15) is 37.4 Å². The van der Waals surface area contributed by atoms with Crippen LogP contribution < -0.4 is 10.7 Å². The van der Waals surface area contributed by atoms with Gasteiger partial charge in [0.25, 0.3) is 11.8 Å². The second-order valence-electron chi connectivity index (χ2n) is 6.51. The lowest BCUT2D eigenvalue weighted by molar-refractivity contribution is 0.0954. The van der Waals surface area contributed by atoms with Crippen molar-refractivity contribution in [1.29, 1.82) is 0 Å². The number of amides is 2. The summed E-state index contributed by atoms with van der Waals surface area (Å²) in [5.41, 5.74) is 7.24. The van der Waals surface area contributed by atoms with Crippen molar-refractivity contribution in [2.45, 2.75) is 13.8 Å². The van der Waals surface area contributed by atoms with E-state index in [0.29, 0.717) is 16.8 Å². The molecule has 0 radical (unpaired) electrons. The van der Waals surface area contributed by atoms with Gasteiger partial charge in [-0.2, -0.15) is 5.10 Å². The summed E-state index contributed by atoms with van der Waals surface area (Å²) >= 11 is 0. The van der Waals surface area contributed by atoms with E-state index in [1.165, 1.54) is 0 Å². The second kappa shape index (κ2) is 8.77. The monoisotopic (exact) mass is 371 g/mol. The number of hydrogen-bond donors (Lipinski definition) is 2. The van der Waals surface area contributed by atoms with Crippen LogP contribution in [0, 0.1) is 13.8 Å². The lowest BCUT2D eigenvalue weighted by Crippen LogP contribution is -2.17. The molecule has 0 aliphatic heterocycles. The van der Waals surface area contributed by atoms with Gasteiger partial charge >= 0.3 is 0 Å². The number of rotatable bonds is 5. The molecule has 0 bridgehead atoms. The van der Waals surface area contributed by atoms with Gasteiger partial charge in [0.15, 0.2) is 0 Å². The van der Waals surface area contributed by atoms with Gasteiger partial charge in [0, 0.05) is 16.8 Å². The summed E-state index contributed by atoms with van der Waals surface area (Å²) in [4.78, 5) is 24.4. The van der Waals surface area contributed by atoms with Gasteiger partial charge < -0.3 is 5.32 Å². The zero-order valence-corrected chi connectivity index (χ0v) is 15.8. The number of anilines is 1. The molecular weight excluding hydrogens is 350 g/mol. The molecule has 3 aromatic rings. The van der Waals surface area contributed by atoms with E-state index >= 15 is 0 Å². The molecule has 0 spiro atoms. The molecule has 0 saturated heterocycles. The minimum absolute atomic E-state index is 0.191. The Morgan fingerprint density at radius 1 is 0.786 bits per heavy atom. The van der Waals surface area contributed by atoms with Crippen molar-refractivity contribution >= 4 is 23.7 Å². The van der Waals surface area contributed by atoms with E-state index in [9.17, 15) is 9.59 Å². The van der Waals surface area contributed by atoms with Crippen molar-refractivity contribution < 1.29 is 9.59 Å². The maximum absolute atomic E-state index is 12.3. The first-order valence-electron chi connectivity index (χ1n) is 8.89. The largest absolute Gasteiger partial charge is 0.322 e. The molecule has 0 atom stereocenters. The summed E-state index contributed by atoms with van der Waals surface area (Å²) in [5, 5.41) is 6.79. The zero-order valence-electron chi connectivity index (χ0n) is 15.8.